The van der Waals surface area contributed by atoms with E-state index in [1.807, 2.05) is 60.7 Å². The molecule has 0 aliphatic carbocycles. The molecule has 0 amide bonds. The molecule has 2 aromatic rings. The van der Waals surface area contributed by atoms with Crippen molar-refractivity contribution in [3.05, 3.63) is 66.7 Å². The van der Waals surface area contributed by atoms with E-state index in [1.54, 1.807) is 0 Å². The predicted molar refractivity (Wildman–Crippen MR) is 54.2 cm³/mol. The van der Waals surface area contributed by atoms with Crippen molar-refractivity contribution in [1.29, 1.82) is 0 Å². The van der Waals surface area contributed by atoms with Gasteiger partial charge in [-0.1, -0.05) is 0 Å². The molecule has 2 rings (SSSR count). The van der Waals surface area contributed by atoms with Crippen molar-refractivity contribution in [2.75, 3.05) is 0 Å². The molecule has 0 radical (unpaired) electrons. The number of rotatable bonds is 1. The van der Waals surface area contributed by atoms with Crippen molar-refractivity contribution in [1.82, 2.24) is 0 Å². The summed E-state index contributed by atoms with van der Waals surface area (Å²) in [5, 5.41) is 0. The van der Waals surface area contributed by atoms with Gasteiger partial charge in [-0.15, -0.1) is 23.8 Å². The summed E-state index contributed by atoms with van der Waals surface area (Å²) in [7, 11) is 0. The maximum Gasteiger partial charge on any atom is 0 e. The third kappa shape index (κ3) is 5.33. The van der Waals surface area contributed by atoms with Gasteiger partial charge in [0, 0.05) is 19.5 Å². The van der Waals surface area contributed by atoms with Crippen LogP contribution >= 0.6 is 0 Å². The van der Waals surface area contributed by atoms with Gasteiger partial charge in [0.2, 0.25) is 0 Å². The zero-order chi connectivity index (χ0) is 8.65. The summed E-state index contributed by atoms with van der Waals surface area (Å²) in [5.74, 6) is 0. The summed E-state index contributed by atoms with van der Waals surface area (Å²) >= 11 is 0. The van der Waals surface area contributed by atoms with Crippen molar-refractivity contribution < 1.29 is 19.5 Å². The van der Waals surface area contributed by atoms with Gasteiger partial charge < -0.3 is 30.3 Å². The second-order valence-corrected chi connectivity index (χ2v) is 2.38. The fourth-order valence-electron chi connectivity index (χ4n) is 0.846. The molecule has 0 aliphatic rings. The molecular weight excluding hydrogens is 245 g/mol. The Bertz CT molecular complexity index is 260. The van der Waals surface area contributed by atoms with Crippen LogP contribution in [0.1, 0.15) is 5.56 Å². The Morgan fingerprint density at radius 1 is 0.923 bits per heavy atom. The van der Waals surface area contributed by atoms with Gasteiger partial charge >= 0.3 is 0 Å². The van der Waals surface area contributed by atoms with E-state index >= 15 is 0 Å². The van der Waals surface area contributed by atoms with E-state index in [9.17, 15) is 0 Å². The maximum absolute atomic E-state index is 3.60. The Morgan fingerprint density at radius 2 is 1.31 bits per heavy atom. The molecule has 0 spiro atoms. The predicted octanol–water partition coefficient (Wildman–Crippen LogP) is 3.45. The van der Waals surface area contributed by atoms with Gasteiger partial charge in [0.1, 0.15) is 0 Å². The third-order valence-corrected chi connectivity index (χ3v) is 1.48. The smallest absolute Gasteiger partial charge is 0 e. The van der Waals surface area contributed by atoms with Crippen molar-refractivity contribution in [2.45, 2.75) is 0 Å². The van der Waals surface area contributed by atoms with Crippen LogP contribution in [-0.4, -0.2) is 0 Å². The molecule has 0 nitrogen and oxygen atoms in total. The van der Waals surface area contributed by atoms with E-state index in [4.69, 9.17) is 0 Å². The molecule has 2 aromatic carbocycles. The molecule has 0 heterocycles. The number of hydrogen-bond acceptors (Lipinski definition) is 0. The summed E-state index contributed by atoms with van der Waals surface area (Å²) in [4.78, 5) is 0. The third-order valence-electron chi connectivity index (χ3n) is 1.48. The Balaban J connectivity index is 0.000000215. The Hall–Kier alpha value is -0.937. The molecule has 74 valence electrons. The molecule has 0 unspecified atom stereocenters. The molecule has 0 fully saturated rings. The van der Waals surface area contributed by atoms with Crippen LogP contribution in [0.4, 0.5) is 0 Å². The van der Waals surface area contributed by atoms with Crippen LogP contribution in [0, 0.1) is 0 Å². The topological polar surface area (TPSA) is 0 Å². The molecule has 0 saturated carbocycles. The van der Waals surface area contributed by atoms with Gasteiger partial charge in [-0.25, -0.2) is 0 Å². The van der Waals surface area contributed by atoms with E-state index in [1.165, 1.54) is 5.56 Å². The van der Waals surface area contributed by atoms with Gasteiger partial charge in [-0.05, 0) is 0 Å². The van der Waals surface area contributed by atoms with Crippen LogP contribution < -0.4 is 0 Å². The minimum Gasteiger partial charge on any atom is -0.748 e. The van der Waals surface area contributed by atoms with Crippen LogP contribution in [0.5, 0.6) is 0 Å². The van der Waals surface area contributed by atoms with Gasteiger partial charge in [0.15, 0.2) is 0 Å². The summed E-state index contributed by atoms with van der Waals surface area (Å²) in [6, 6.07) is 18.0. The van der Waals surface area contributed by atoms with Crippen molar-refractivity contribution >= 4 is 6.08 Å². The van der Waals surface area contributed by atoms with E-state index in [2.05, 4.69) is 6.58 Å². The molecule has 0 aliphatic heterocycles. The fourth-order valence-corrected chi connectivity index (χ4v) is 0.846. The average molecular weight is 257 g/mol. The first-order valence-corrected chi connectivity index (χ1v) is 3.94. The van der Waals surface area contributed by atoms with Crippen LogP contribution in [0.15, 0.2) is 61.2 Å². The maximum atomic E-state index is 3.60. The van der Waals surface area contributed by atoms with Gasteiger partial charge in [-0.3, -0.25) is 0 Å². The Morgan fingerprint density at radius 3 is 1.54 bits per heavy atom. The zero-order valence-electron chi connectivity index (χ0n) is 7.33. The SMILES string of the molecule is C=C[c-]1cccc1.[Ru].[cH-]1[cH-][cH-][cH-][cH-]1. The summed E-state index contributed by atoms with van der Waals surface area (Å²) in [6.07, 6.45) is 1.83. The Labute approximate surface area is 92.4 Å². The van der Waals surface area contributed by atoms with Crippen LogP contribution in [0.25, 0.3) is 6.08 Å². The Kier molecular flexibility index (Phi) is 7.14. The average Bonchev–Trinajstić information content (AvgIpc) is 2.81. The molecule has 1 heteroatoms. The van der Waals surface area contributed by atoms with Crippen molar-refractivity contribution in [3.8, 4) is 0 Å². The summed E-state index contributed by atoms with van der Waals surface area (Å²) in [5.41, 5.74) is 1.19. The van der Waals surface area contributed by atoms with Crippen molar-refractivity contribution in [2.24, 2.45) is 0 Å². The van der Waals surface area contributed by atoms with Gasteiger partial charge in [0.05, 0.1) is 0 Å². The van der Waals surface area contributed by atoms with Crippen molar-refractivity contribution in [3.63, 3.8) is 0 Å². The molecule has 0 atom stereocenters. The first kappa shape index (κ1) is 12.1. The first-order valence-electron chi connectivity index (χ1n) is 3.94. The van der Waals surface area contributed by atoms with Crippen LogP contribution in [0.2, 0.25) is 0 Å². The second kappa shape index (κ2) is 7.70. The van der Waals surface area contributed by atoms with Gasteiger partial charge in [0.25, 0.3) is 0 Å². The normalized spacial score (nSPS) is 7.69. The van der Waals surface area contributed by atoms with E-state index < -0.39 is 0 Å². The largest absolute Gasteiger partial charge is 0.748 e. The minimum atomic E-state index is 0. The first-order chi connectivity index (χ1) is 5.93. The standard InChI is InChI=1S/C7H7.C5H5.Ru/c1-2-7-5-3-4-6-7;1-2-4-5-3-1;/h2-6H,1H2;1-5H;/q-1;-5;. The number of hydrogen-bond donors (Lipinski definition) is 0. The molecule has 0 saturated heterocycles. The molecular formula is C12H12Ru-6. The van der Waals surface area contributed by atoms with E-state index in [0.29, 0.717) is 0 Å². The molecule has 13 heavy (non-hydrogen) atoms. The quantitative estimate of drug-likeness (QED) is 0.542. The van der Waals surface area contributed by atoms with Crippen LogP contribution in [0.3, 0.4) is 0 Å². The summed E-state index contributed by atoms with van der Waals surface area (Å²) in [6.45, 7) is 3.60. The minimum absolute atomic E-state index is 0. The second-order valence-electron chi connectivity index (χ2n) is 2.38. The zero-order valence-corrected chi connectivity index (χ0v) is 9.07. The fraction of sp³-hybridized carbons (Fsp3) is 0. The van der Waals surface area contributed by atoms with E-state index in [0.717, 1.165) is 0 Å². The van der Waals surface area contributed by atoms with Crippen LogP contribution in [-0.2, 0) is 19.5 Å². The molecule has 0 bridgehead atoms. The monoisotopic (exact) mass is 258 g/mol. The molecule has 0 aromatic heterocycles. The molecule has 0 N–H and O–H groups in total. The summed E-state index contributed by atoms with van der Waals surface area (Å²) < 4.78 is 0. The van der Waals surface area contributed by atoms with E-state index in [-0.39, 0.29) is 19.5 Å². The van der Waals surface area contributed by atoms with Gasteiger partial charge in [-0.2, -0.15) is 18.7 Å².